The molecule has 2 saturated heterocycles. The fraction of sp³-hybridized carbons (Fsp3) is 0.424. The molecule has 2 aromatic heterocycles. The first-order chi connectivity index (χ1) is 21.5. The summed E-state index contributed by atoms with van der Waals surface area (Å²) in [6.45, 7) is 10.1. The smallest absolute Gasteiger partial charge is 0.231 e. The first kappa shape index (κ1) is 28.6. The van der Waals surface area contributed by atoms with E-state index in [9.17, 15) is 0 Å². The summed E-state index contributed by atoms with van der Waals surface area (Å²) in [4.78, 5) is 19.7. The van der Waals surface area contributed by atoms with Crippen LogP contribution in [0.15, 0.2) is 48.5 Å². The Morgan fingerprint density at radius 1 is 0.864 bits per heavy atom. The molecule has 2 aromatic carbocycles. The maximum absolute atomic E-state index is 5.98. The van der Waals surface area contributed by atoms with E-state index < -0.39 is 0 Å². The number of nitrogens with one attached hydrogen (secondary N) is 1. The third-order valence-electron chi connectivity index (χ3n) is 8.20. The first-order valence-corrected chi connectivity index (χ1v) is 15.2. The fourth-order valence-corrected chi connectivity index (χ4v) is 6.11. The highest BCUT2D eigenvalue weighted by Gasteiger charge is 2.27. The minimum Gasteiger partial charge on any atom is -0.496 e. The van der Waals surface area contributed by atoms with Gasteiger partial charge in [0, 0.05) is 50.4 Å². The number of fused-ring (bicyclic) bond motifs is 2. The van der Waals surface area contributed by atoms with Crippen molar-refractivity contribution in [3.8, 4) is 28.5 Å². The predicted molar refractivity (Wildman–Crippen MR) is 168 cm³/mol. The average Bonchev–Trinajstić information content (AvgIpc) is 3.52. The van der Waals surface area contributed by atoms with Gasteiger partial charge in [0.25, 0.3) is 0 Å². The van der Waals surface area contributed by atoms with Crippen LogP contribution < -0.4 is 29.3 Å². The lowest BCUT2D eigenvalue weighted by Crippen LogP contribution is -2.46. The number of hydrogen-bond donors (Lipinski definition) is 1. The van der Waals surface area contributed by atoms with Gasteiger partial charge in [0.2, 0.25) is 12.7 Å². The molecule has 0 saturated carbocycles. The van der Waals surface area contributed by atoms with E-state index in [2.05, 4.69) is 47.2 Å². The molecule has 230 valence electrons. The molecule has 0 spiro atoms. The standard InChI is InChI=1S/C33H38N6O5/c1-21-18-39(19-22(2)44-21)33-36-31-26(32(37-33)38-10-12-41-13-11-38)6-7-27(35-31)24-5-9-28(40-3)25(15-24)17-34-16-23-4-8-29-30(14-23)43-20-42-29/h4-9,14-15,21-22,34H,10-13,16-20H2,1-3H3/t21-,22+. The van der Waals surface area contributed by atoms with Crippen molar-refractivity contribution in [3.63, 3.8) is 0 Å². The van der Waals surface area contributed by atoms with Crippen LogP contribution in [0.2, 0.25) is 0 Å². The Balaban J connectivity index is 1.18. The zero-order valence-corrected chi connectivity index (χ0v) is 25.4. The van der Waals surface area contributed by atoms with Crippen molar-refractivity contribution in [1.29, 1.82) is 0 Å². The van der Waals surface area contributed by atoms with Crippen molar-refractivity contribution in [3.05, 3.63) is 59.7 Å². The highest BCUT2D eigenvalue weighted by molar-refractivity contribution is 5.90. The summed E-state index contributed by atoms with van der Waals surface area (Å²) in [6.07, 6.45) is 0.195. The van der Waals surface area contributed by atoms with Gasteiger partial charge in [-0.3, -0.25) is 0 Å². The average molecular weight is 599 g/mol. The minimum atomic E-state index is 0.0977. The van der Waals surface area contributed by atoms with Crippen molar-refractivity contribution in [2.75, 3.05) is 63.1 Å². The molecular formula is C33H38N6O5. The van der Waals surface area contributed by atoms with Crippen molar-refractivity contribution in [1.82, 2.24) is 20.3 Å². The van der Waals surface area contributed by atoms with Crippen molar-refractivity contribution in [2.24, 2.45) is 0 Å². The second kappa shape index (κ2) is 12.4. The molecule has 44 heavy (non-hydrogen) atoms. The molecule has 5 heterocycles. The molecule has 11 heteroatoms. The van der Waals surface area contributed by atoms with Crippen LogP contribution in [0.25, 0.3) is 22.3 Å². The summed E-state index contributed by atoms with van der Waals surface area (Å²) in [7, 11) is 1.70. The Morgan fingerprint density at radius 2 is 1.68 bits per heavy atom. The van der Waals surface area contributed by atoms with E-state index in [1.54, 1.807) is 7.11 Å². The summed E-state index contributed by atoms with van der Waals surface area (Å²) < 4.78 is 28.3. The zero-order chi connectivity index (χ0) is 30.0. The SMILES string of the molecule is COc1ccc(-c2ccc3c(N4CCOCC4)nc(N4C[C@@H](C)O[C@@H](C)C4)nc3n2)cc1CNCc1ccc2c(c1)OCO2. The zero-order valence-electron chi connectivity index (χ0n) is 25.4. The van der Waals surface area contributed by atoms with Crippen LogP contribution in [0.5, 0.6) is 17.2 Å². The molecule has 2 atom stereocenters. The third kappa shape index (κ3) is 5.95. The Kier molecular flexibility index (Phi) is 8.07. The van der Waals surface area contributed by atoms with Crippen LogP contribution in [0.4, 0.5) is 11.8 Å². The normalized spacial score (nSPS) is 19.9. The number of rotatable bonds is 8. The second-order valence-electron chi connectivity index (χ2n) is 11.5. The van der Waals surface area contributed by atoms with E-state index in [0.717, 1.165) is 77.0 Å². The maximum Gasteiger partial charge on any atom is 0.231 e. The number of aromatic nitrogens is 3. The molecule has 2 fully saturated rings. The maximum atomic E-state index is 5.98. The quantitative estimate of drug-likeness (QED) is 0.316. The van der Waals surface area contributed by atoms with Gasteiger partial charge in [0.15, 0.2) is 17.1 Å². The predicted octanol–water partition coefficient (Wildman–Crippen LogP) is 4.17. The molecule has 1 N–H and O–H groups in total. The number of morpholine rings is 2. The van der Waals surface area contributed by atoms with Crippen LogP contribution in [0, 0.1) is 0 Å². The molecule has 0 radical (unpaired) electrons. The summed E-state index contributed by atoms with van der Waals surface area (Å²) in [5.41, 5.74) is 4.68. The molecule has 7 rings (SSSR count). The second-order valence-corrected chi connectivity index (χ2v) is 11.5. The highest BCUT2D eigenvalue weighted by Crippen LogP contribution is 2.33. The van der Waals surface area contributed by atoms with Gasteiger partial charge >= 0.3 is 0 Å². The van der Waals surface area contributed by atoms with Crippen LogP contribution in [0.3, 0.4) is 0 Å². The molecule has 3 aliphatic heterocycles. The van der Waals surface area contributed by atoms with Gasteiger partial charge in [-0.1, -0.05) is 6.07 Å². The van der Waals surface area contributed by atoms with Crippen molar-refractivity contribution < 1.29 is 23.7 Å². The Hall–Kier alpha value is -4.19. The lowest BCUT2D eigenvalue weighted by Gasteiger charge is -2.36. The number of anilines is 2. The third-order valence-corrected chi connectivity index (χ3v) is 8.20. The molecule has 11 nitrogen and oxygen atoms in total. The summed E-state index contributed by atoms with van der Waals surface area (Å²) in [6, 6.07) is 16.3. The van der Waals surface area contributed by atoms with E-state index in [-0.39, 0.29) is 19.0 Å². The van der Waals surface area contributed by atoms with Gasteiger partial charge in [0.05, 0.1) is 43.6 Å². The van der Waals surface area contributed by atoms with E-state index in [1.807, 2.05) is 30.3 Å². The van der Waals surface area contributed by atoms with E-state index >= 15 is 0 Å². The topological polar surface area (TPSA) is 103 Å². The lowest BCUT2D eigenvalue weighted by atomic mass is 10.1. The molecular weight excluding hydrogens is 560 g/mol. The van der Waals surface area contributed by atoms with Gasteiger partial charge in [0.1, 0.15) is 11.6 Å². The summed E-state index contributed by atoms with van der Waals surface area (Å²) >= 11 is 0. The largest absolute Gasteiger partial charge is 0.496 e. The van der Waals surface area contributed by atoms with Gasteiger partial charge in [-0.25, -0.2) is 4.98 Å². The lowest BCUT2D eigenvalue weighted by molar-refractivity contribution is -0.00570. The summed E-state index contributed by atoms with van der Waals surface area (Å²) in [5, 5.41) is 4.48. The number of ether oxygens (including phenoxy) is 5. The minimum absolute atomic E-state index is 0.0977. The van der Waals surface area contributed by atoms with Crippen molar-refractivity contribution >= 4 is 22.8 Å². The van der Waals surface area contributed by atoms with Crippen LogP contribution in [0.1, 0.15) is 25.0 Å². The molecule has 0 bridgehead atoms. The van der Waals surface area contributed by atoms with Crippen LogP contribution >= 0.6 is 0 Å². The number of hydrogen-bond acceptors (Lipinski definition) is 11. The Bertz CT molecular complexity index is 1640. The highest BCUT2D eigenvalue weighted by atomic mass is 16.7. The molecule has 0 aliphatic carbocycles. The molecule has 0 unspecified atom stereocenters. The van der Waals surface area contributed by atoms with Gasteiger partial charge in [-0.05, 0) is 61.9 Å². The number of benzene rings is 2. The number of pyridine rings is 1. The Labute approximate surface area is 257 Å². The monoisotopic (exact) mass is 598 g/mol. The van der Waals surface area contributed by atoms with Gasteiger partial charge in [-0.2, -0.15) is 9.97 Å². The van der Waals surface area contributed by atoms with Crippen molar-refractivity contribution in [2.45, 2.75) is 39.1 Å². The van der Waals surface area contributed by atoms with E-state index in [1.165, 1.54) is 0 Å². The Morgan fingerprint density at radius 3 is 2.50 bits per heavy atom. The summed E-state index contributed by atoms with van der Waals surface area (Å²) in [5.74, 6) is 3.99. The van der Waals surface area contributed by atoms with Crippen LogP contribution in [-0.4, -0.2) is 80.5 Å². The number of methoxy groups -OCH3 is 1. The van der Waals surface area contributed by atoms with Crippen LogP contribution in [-0.2, 0) is 22.6 Å². The fourth-order valence-electron chi connectivity index (χ4n) is 6.11. The van der Waals surface area contributed by atoms with E-state index in [4.69, 9.17) is 38.6 Å². The first-order valence-electron chi connectivity index (χ1n) is 15.2. The molecule has 4 aromatic rings. The number of nitrogens with zero attached hydrogens (tertiary/aromatic N) is 5. The van der Waals surface area contributed by atoms with Gasteiger partial charge < -0.3 is 38.8 Å². The molecule has 3 aliphatic rings. The van der Waals surface area contributed by atoms with E-state index in [0.29, 0.717) is 37.9 Å². The molecule has 0 amide bonds. The van der Waals surface area contributed by atoms with Gasteiger partial charge in [-0.15, -0.1) is 0 Å².